The summed E-state index contributed by atoms with van der Waals surface area (Å²) in [6, 6.07) is 3.16. The van der Waals surface area contributed by atoms with Crippen molar-refractivity contribution in [3.8, 4) is 0 Å². The predicted molar refractivity (Wildman–Crippen MR) is 95.8 cm³/mol. The molecule has 0 bridgehead atoms. The molecule has 1 rings (SSSR count). The minimum absolute atomic E-state index is 0.0600. The maximum atomic E-state index is 12.5. The van der Waals surface area contributed by atoms with Crippen molar-refractivity contribution < 1.29 is 14.3 Å². The Bertz CT molecular complexity index is 606. The van der Waals surface area contributed by atoms with Crippen LogP contribution in [0, 0.1) is 0 Å². The average molecular weight is 406 g/mol. The van der Waals surface area contributed by atoms with Gasteiger partial charge in [0, 0.05) is 5.54 Å². The number of aromatic nitrogens is 1. The molecule has 0 aliphatic heterocycles. The second kappa shape index (κ2) is 7.18. The van der Waals surface area contributed by atoms with E-state index in [0.29, 0.717) is 11.4 Å². The van der Waals surface area contributed by atoms with Crippen LogP contribution in [0.2, 0.25) is 5.15 Å². The minimum atomic E-state index is -0.629. The standard InChI is InChI=1S/C16H22BrClN2O3/c1-15(2,3)20(14(22)23-16(4,5)6)12-8-7-10(11(21)9-17)13(18)19-12/h7-8H,9H2,1-6H3. The Morgan fingerprint density at radius 3 is 2.17 bits per heavy atom. The topological polar surface area (TPSA) is 59.5 Å². The van der Waals surface area contributed by atoms with Crippen LogP contribution in [-0.4, -0.2) is 33.3 Å². The smallest absolute Gasteiger partial charge is 0.416 e. The Morgan fingerprint density at radius 2 is 1.78 bits per heavy atom. The number of ketones is 1. The lowest BCUT2D eigenvalue weighted by molar-refractivity contribution is 0.0549. The number of hydrogen-bond donors (Lipinski definition) is 0. The highest BCUT2D eigenvalue weighted by atomic mass is 79.9. The molecule has 7 heteroatoms. The van der Waals surface area contributed by atoms with Gasteiger partial charge in [0.1, 0.15) is 16.6 Å². The van der Waals surface area contributed by atoms with Crippen LogP contribution >= 0.6 is 27.5 Å². The number of halogens is 2. The van der Waals surface area contributed by atoms with Crippen LogP contribution in [0.4, 0.5) is 10.6 Å². The third kappa shape index (κ3) is 5.46. The summed E-state index contributed by atoms with van der Waals surface area (Å²) in [6.07, 6.45) is -0.520. The van der Waals surface area contributed by atoms with E-state index in [9.17, 15) is 9.59 Å². The Hall–Kier alpha value is -1.14. The van der Waals surface area contributed by atoms with Crippen molar-refractivity contribution in [3.05, 3.63) is 22.8 Å². The number of alkyl halides is 1. The maximum Gasteiger partial charge on any atom is 0.416 e. The zero-order valence-corrected chi connectivity index (χ0v) is 16.6. The monoisotopic (exact) mass is 404 g/mol. The second-order valence-corrected chi connectivity index (χ2v) is 7.97. The van der Waals surface area contributed by atoms with Gasteiger partial charge in [0.05, 0.1) is 10.9 Å². The van der Waals surface area contributed by atoms with Crippen LogP contribution in [0.25, 0.3) is 0 Å². The van der Waals surface area contributed by atoms with Crippen molar-refractivity contribution >= 4 is 45.2 Å². The zero-order chi connectivity index (χ0) is 18.0. The van der Waals surface area contributed by atoms with E-state index in [2.05, 4.69) is 20.9 Å². The Balaban J connectivity index is 3.27. The fourth-order valence-electron chi connectivity index (χ4n) is 1.85. The van der Waals surface area contributed by atoms with Crippen LogP contribution in [0.3, 0.4) is 0 Å². The summed E-state index contributed by atoms with van der Waals surface area (Å²) in [5.74, 6) is 0.163. The van der Waals surface area contributed by atoms with E-state index in [1.54, 1.807) is 32.9 Å². The van der Waals surface area contributed by atoms with Crippen LogP contribution in [-0.2, 0) is 4.74 Å². The highest BCUT2D eigenvalue weighted by molar-refractivity contribution is 9.09. The molecule has 1 heterocycles. The van der Waals surface area contributed by atoms with Gasteiger partial charge in [0.15, 0.2) is 5.78 Å². The van der Waals surface area contributed by atoms with Gasteiger partial charge in [0.2, 0.25) is 0 Å². The van der Waals surface area contributed by atoms with Crippen molar-refractivity contribution in [2.75, 3.05) is 10.2 Å². The summed E-state index contributed by atoms with van der Waals surface area (Å²) in [6.45, 7) is 11.0. The molecule has 1 amide bonds. The molecule has 0 aromatic carbocycles. The summed E-state index contributed by atoms with van der Waals surface area (Å²) in [5.41, 5.74) is -0.888. The van der Waals surface area contributed by atoms with E-state index in [1.165, 1.54) is 4.90 Å². The molecule has 128 valence electrons. The molecule has 0 saturated carbocycles. The average Bonchev–Trinajstić information content (AvgIpc) is 2.34. The number of carbonyl (C=O) groups is 2. The summed E-state index contributed by atoms with van der Waals surface area (Å²) in [7, 11) is 0. The Labute approximate surface area is 150 Å². The molecule has 0 radical (unpaired) electrons. The minimum Gasteiger partial charge on any atom is -0.443 e. The number of Topliss-reactive ketones (excluding diaryl/α,β-unsaturated/α-hetero) is 1. The number of pyridine rings is 1. The highest BCUT2D eigenvalue weighted by Gasteiger charge is 2.33. The van der Waals surface area contributed by atoms with Gasteiger partial charge in [-0.05, 0) is 53.7 Å². The molecule has 0 aliphatic rings. The summed E-state index contributed by atoms with van der Waals surface area (Å²) >= 11 is 9.20. The molecule has 1 aromatic rings. The second-order valence-electron chi connectivity index (χ2n) is 7.05. The summed E-state index contributed by atoms with van der Waals surface area (Å²) in [5, 5.41) is 0.216. The molecular formula is C16H22BrClN2O3. The zero-order valence-electron chi connectivity index (χ0n) is 14.2. The molecule has 0 saturated heterocycles. The first-order chi connectivity index (χ1) is 10.4. The van der Waals surface area contributed by atoms with Crippen LogP contribution in [0.5, 0.6) is 0 Å². The van der Waals surface area contributed by atoms with E-state index in [1.807, 2.05) is 20.8 Å². The lowest BCUT2D eigenvalue weighted by Crippen LogP contribution is -2.48. The molecule has 0 atom stereocenters. The van der Waals surface area contributed by atoms with E-state index < -0.39 is 17.2 Å². The number of anilines is 1. The van der Waals surface area contributed by atoms with Gasteiger partial charge >= 0.3 is 6.09 Å². The van der Waals surface area contributed by atoms with Crippen molar-refractivity contribution in [1.82, 2.24) is 4.98 Å². The van der Waals surface area contributed by atoms with Gasteiger partial charge in [-0.3, -0.25) is 9.69 Å². The van der Waals surface area contributed by atoms with Crippen LogP contribution in [0.1, 0.15) is 51.9 Å². The quantitative estimate of drug-likeness (QED) is 0.409. The van der Waals surface area contributed by atoms with E-state index in [-0.39, 0.29) is 16.3 Å². The SMILES string of the molecule is CC(C)(C)OC(=O)N(c1ccc(C(=O)CBr)c(Cl)n1)C(C)(C)C. The maximum absolute atomic E-state index is 12.5. The first-order valence-corrected chi connectivity index (χ1v) is 8.65. The molecule has 1 aromatic heterocycles. The normalized spacial score (nSPS) is 12.0. The Kier molecular flexibility index (Phi) is 6.21. The van der Waals surface area contributed by atoms with Gasteiger partial charge in [0.25, 0.3) is 0 Å². The molecule has 23 heavy (non-hydrogen) atoms. The van der Waals surface area contributed by atoms with Crippen molar-refractivity contribution in [2.45, 2.75) is 52.7 Å². The number of amides is 1. The summed E-state index contributed by atoms with van der Waals surface area (Å²) in [4.78, 5) is 29.9. The fraction of sp³-hybridized carbons (Fsp3) is 0.562. The van der Waals surface area contributed by atoms with Crippen LogP contribution < -0.4 is 4.90 Å². The van der Waals surface area contributed by atoms with E-state index >= 15 is 0 Å². The Morgan fingerprint density at radius 1 is 1.22 bits per heavy atom. The first kappa shape index (κ1) is 19.9. The molecule has 0 N–H and O–H groups in total. The summed E-state index contributed by atoms with van der Waals surface area (Å²) < 4.78 is 5.45. The van der Waals surface area contributed by atoms with Gasteiger partial charge in [-0.2, -0.15) is 0 Å². The van der Waals surface area contributed by atoms with Crippen LogP contribution in [0.15, 0.2) is 12.1 Å². The van der Waals surface area contributed by atoms with Crippen molar-refractivity contribution in [3.63, 3.8) is 0 Å². The van der Waals surface area contributed by atoms with E-state index in [0.717, 1.165) is 0 Å². The van der Waals surface area contributed by atoms with Gasteiger partial charge < -0.3 is 4.74 Å². The number of ether oxygens (including phenoxy) is 1. The largest absolute Gasteiger partial charge is 0.443 e. The molecule has 0 spiro atoms. The lowest BCUT2D eigenvalue weighted by atomic mass is 10.1. The third-order valence-electron chi connectivity index (χ3n) is 2.73. The van der Waals surface area contributed by atoms with Gasteiger partial charge in [-0.15, -0.1) is 0 Å². The lowest BCUT2D eigenvalue weighted by Gasteiger charge is -2.36. The van der Waals surface area contributed by atoms with Gasteiger partial charge in [-0.25, -0.2) is 9.78 Å². The molecule has 0 fully saturated rings. The number of rotatable bonds is 3. The number of carbonyl (C=O) groups excluding carboxylic acids is 2. The molecular weight excluding hydrogens is 384 g/mol. The molecule has 5 nitrogen and oxygen atoms in total. The number of hydrogen-bond acceptors (Lipinski definition) is 4. The number of nitrogens with zero attached hydrogens (tertiary/aromatic N) is 2. The van der Waals surface area contributed by atoms with Gasteiger partial charge in [-0.1, -0.05) is 27.5 Å². The predicted octanol–water partition coefficient (Wildman–Crippen LogP) is 4.85. The van der Waals surface area contributed by atoms with Crippen molar-refractivity contribution in [1.29, 1.82) is 0 Å². The fourth-order valence-corrected chi connectivity index (χ4v) is 2.40. The molecule has 0 aliphatic carbocycles. The third-order valence-corrected chi connectivity index (χ3v) is 3.53. The first-order valence-electron chi connectivity index (χ1n) is 7.16. The van der Waals surface area contributed by atoms with E-state index in [4.69, 9.17) is 16.3 Å². The van der Waals surface area contributed by atoms with Crippen molar-refractivity contribution in [2.24, 2.45) is 0 Å². The highest BCUT2D eigenvalue weighted by Crippen LogP contribution is 2.27. The molecule has 0 unspecified atom stereocenters.